The monoisotopic (exact) mass is 495 g/mol. The number of carbonyl (C=O) groups is 1. The molecule has 37 heavy (non-hydrogen) atoms. The van der Waals surface area contributed by atoms with E-state index >= 15 is 0 Å². The molecule has 1 amide bonds. The van der Waals surface area contributed by atoms with E-state index in [-0.39, 0.29) is 0 Å². The Balaban J connectivity index is 1.54. The number of allylic oxidation sites excluding steroid dienone is 1. The van der Waals surface area contributed by atoms with Gasteiger partial charge in [0.25, 0.3) is 0 Å². The predicted octanol–water partition coefficient (Wildman–Crippen LogP) is 4.92. The maximum atomic E-state index is 12.6. The summed E-state index contributed by atoms with van der Waals surface area (Å²) in [6, 6.07) is 21.0. The van der Waals surface area contributed by atoms with Gasteiger partial charge in [-0.15, -0.1) is 5.10 Å². The van der Waals surface area contributed by atoms with Gasteiger partial charge >= 0.3 is 0 Å². The predicted molar refractivity (Wildman–Crippen MR) is 142 cm³/mol. The van der Waals surface area contributed by atoms with Crippen LogP contribution in [0.5, 0.6) is 11.5 Å². The molecule has 0 aliphatic carbocycles. The number of hydrogen-bond donors (Lipinski definition) is 2. The lowest BCUT2D eigenvalue weighted by Gasteiger charge is -2.28. The molecule has 4 aromatic rings. The highest BCUT2D eigenvalue weighted by atomic mass is 16.5. The Morgan fingerprint density at radius 2 is 1.78 bits per heavy atom. The van der Waals surface area contributed by atoms with E-state index in [9.17, 15) is 4.79 Å². The molecule has 1 unspecified atom stereocenters. The first-order valence-electron chi connectivity index (χ1n) is 12.0. The third-order valence-electron chi connectivity index (χ3n) is 6.62. The number of anilines is 1. The van der Waals surface area contributed by atoms with Crippen molar-refractivity contribution in [3.63, 3.8) is 0 Å². The van der Waals surface area contributed by atoms with E-state index in [1.165, 1.54) is 5.56 Å². The van der Waals surface area contributed by atoms with Crippen LogP contribution in [0.3, 0.4) is 0 Å². The molecule has 0 bridgehead atoms. The molecule has 0 saturated carbocycles. The first-order valence-corrected chi connectivity index (χ1v) is 12.0. The van der Waals surface area contributed by atoms with Gasteiger partial charge in [0.05, 0.1) is 12.7 Å². The van der Waals surface area contributed by atoms with Gasteiger partial charge in [-0.1, -0.05) is 48.5 Å². The van der Waals surface area contributed by atoms with Crippen LogP contribution in [-0.4, -0.2) is 27.8 Å². The summed E-state index contributed by atoms with van der Waals surface area (Å²) < 4.78 is 13.4. The molecule has 1 aliphatic heterocycles. The number of carbonyl (C=O) groups excluding carboxylic acids is 1. The standard InChI is InChI=1S/C29H29N5O3/c1-17-10-11-22(14-18(17)2)28-32-29-31-19(3)25(27(30)35)26(34(29)33-28)21-12-13-23(24(15-21)36-4)37-16-20-8-6-5-7-9-20/h5-15,26H,16H2,1-4H3,(H2,30,35)(H,31,32,33). The van der Waals surface area contributed by atoms with Gasteiger partial charge in [-0.2, -0.15) is 4.98 Å². The fourth-order valence-corrected chi connectivity index (χ4v) is 4.49. The molecule has 8 heteroatoms. The fraction of sp³-hybridized carbons (Fsp3) is 0.207. The highest BCUT2D eigenvalue weighted by Crippen LogP contribution is 2.39. The van der Waals surface area contributed by atoms with Crippen LogP contribution in [0.1, 0.15) is 35.2 Å². The number of amides is 1. The van der Waals surface area contributed by atoms with Gasteiger partial charge in [0.1, 0.15) is 12.6 Å². The molecule has 0 spiro atoms. The first kappa shape index (κ1) is 24.1. The summed E-state index contributed by atoms with van der Waals surface area (Å²) in [4.78, 5) is 17.3. The summed E-state index contributed by atoms with van der Waals surface area (Å²) in [5.74, 6) is 1.70. The Labute approximate surface area is 215 Å². The second-order valence-corrected chi connectivity index (χ2v) is 9.12. The minimum Gasteiger partial charge on any atom is -0.493 e. The van der Waals surface area contributed by atoms with Gasteiger partial charge in [-0.25, -0.2) is 4.68 Å². The van der Waals surface area contributed by atoms with Crippen LogP contribution in [0.2, 0.25) is 0 Å². The van der Waals surface area contributed by atoms with Gasteiger partial charge in [0.2, 0.25) is 11.9 Å². The smallest absolute Gasteiger partial charge is 0.248 e. The van der Waals surface area contributed by atoms with Crippen LogP contribution < -0.4 is 20.5 Å². The van der Waals surface area contributed by atoms with Crippen molar-refractivity contribution in [3.05, 3.63) is 100 Å². The number of ether oxygens (including phenoxy) is 2. The third kappa shape index (κ3) is 4.65. The SMILES string of the molecule is COc1cc(C2C(C(N)=O)=C(C)Nc3nc(-c4ccc(C)c(C)c4)nn32)ccc1OCc1ccccc1. The molecular weight excluding hydrogens is 466 g/mol. The highest BCUT2D eigenvalue weighted by molar-refractivity contribution is 5.95. The second kappa shape index (κ2) is 9.81. The van der Waals surface area contributed by atoms with E-state index in [0.717, 1.165) is 22.3 Å². The van der Waals surface area contributed by atoms with E-state index in [1.807, 2.05) is 67.6 Å². The van der Waals surface area contributed by atoms with E-state index in [1.54, 1.807) is 11.8 Å². The summed E-state index contributed by atoms with van der Waals surface area (Å²) in [5, 5.41) is 8.00. The third-order valence-corrected chi connectivity index (χ3v) is 6.62. The molecule has 1 aromatic heterocycles. The van der Waals surface area contributed by atoms with Crippen LogP contribution in [-0.2, 0) is 11.4 Å². The number of hydrogen-bond acceptors (Lipinski definition) is 6. The van der Waals surface area contributed by atoms with E-state index < -0.39 is 11.9 Å². The van der Waals surface area contributed by atoms with Crippen molar-refractivity contribution in [1.29, 1.82) is 0 Å². The number of fused-ring (bicyclic) bond motifs is 1. The molecule has 3 N–H and O–H groups in total. The van der Waals surface area contributed by atoms with Gasteiger partial charge in [-0.05, 0) is 61.2 Å². The molecular formula is C29H29N5O3. The summed E-state index contributed by atoms with van der Waals surface area (Å²) in [5.41, 5.74) is 12.0. The van der Waals surface area contributed by atoms with Gasteiger partial charge in [-0.3, -0.25) is 4.79 Å². The van der Waals surface area contributed by atoms with Crippen molar-refractivity contribution in [2.75, 3.05) is 12.4 Å². The zero-order valence-corrected chi connectivity index (χ0v) is 21.3. The average molecular weight is 496 g/mol. The minimum atomic E-state index is -0.585. The molecule has 8 nitrogen and oxygen atoms in total. The molecule has 1 aliphatic rings. The maximum absolute atomic E-state index is 12.6. The molecule has 0 fully saturated rings. The van der Waals surface area contributed by atoms with Crippen molar-refractivity contribution >= 4 is 11.9 Å². The lowest BCUT2D eigenvalue weighted by atomic mass is 9.95. The number of methoxy groups -OCH3 is 1. The van der Waals surface area contributed by atoms with Crippen LogP contribution in [0.25, 0.3) is 11.4 Å². The molecule has 3 aromatic carbocycles. The lowest BCUT2D eigenvalue weighted by Crippen LogP contribution is -2.31. The Morgan fingerprint density at radius 1 is 1.00 bits per heavy atom. The maximum Gasteiger partial charge on any atom is 0.248 e. The van der Waals surface area contributed by atoms with Gasteiger partial charge in [0, 0.05) is 11.3 Å². The summed E-state index contributed by atoms with van der Waals surface area (Å²) >= 11 is 0. The molecule has 0 radical (unpaired) electrons. The number of nitrogens with one attached hydrogen (secondary N) is 1. The Bertz CT molecular complexity index is 1510. The quantitative estimate of drug-likeness (QED) is 0.377. The van der Waals surface area contributed by atoms with Crippen molar-refractivity contribution in [3.8, 4) is 22.9 Å². The molecule has 2 heterocycles. The van der Waals surface area contributed by atoms with Gasteiger partial charge in [0.15, 0.2) is 17.3 Å². The lowest BCUT2D eigenvalue weighted by molar-refractivity contribution is -0.115. The average Bonchev–Trinajstić information content (AvgIpc) is 3.32. The van der Waals surface area contributed by atoms with Crippen molar-refractivity contribution in [2.24, 2.45) is 5.73 Å². The van der Waals surface area contributed by atoms with Crippen LogP contribution >= 0.6 is 0 Å². The van der Waals surface area contributed by atoms with Crippen LogP contribution in [0.15, 0.2) is 78.0 Å². The Morgan fingerprint density at radius 3 is 2.49 bits per heavy atom. The first-order chi connectivity index (χ1) is 17.9. The summed E-state index contributed by atoms with van der Waals surface area (Å²) in [7, 11) is 1.59. The number of rotatable bonds is 7. The van der Waals surface area contributed by atoms with Crippen molar-refractivity contribution in [2.45, 2.75) is 33.4 Å². The minimum absolute atomic E-state index is 0.405. The van der Waals surface area contributed by atoms with Crippen molar-refractivity contribution < 1.29 is 14.3 Å². The molecule has 0 saturated heterocycles. The molecule has 1 atom stereocenters. The number of primary amides is 1. The van der Waals surface area contributed by atoms with Crippen molar-refractivity contribution in [1.82, 2.24) is 14.8 Å². The molecule has 5 rings (SSSR count). The van der Waals surface area contributed by atoms with E-state index in [2.05, 4.69) is 25.2 Å². The topological polar surface area (TPSA) is 104 Å². The van der Waals surface area contributed by atoms with Crippen LogP contribution in [0, 0.1) is 13.8 Å². The highest BCUT2D eigenvalue weighted by Gasteiger charge is 2.34. The zero-order chi connectivity index (χ0) is 26.1. The number of aryl methyl sites for hydroxylation is 2. The Kier molecular flexibility index (Phi) is 6.40. The number of nitrogens with zero attached hydrogens (tertiary/aromatic N) is 3. The largest absolute Gasteiger partial charge is 0.493 e. The zero-order valence-electron chi connectivity index (χ0n) is 21.3. The number of aromatic nitrogens is 3. The molecule has 188 valence electrons. The number of nitrogens with two attached hydrogens (primary N) is 1. The summed E-state index contributed by atoms with van der Waals surface area (Å²) in [6.07, 6.45) is 0. The fourth-order valence-electron chi connectivity index (χ4n) is 4.49. The normalized spacial score (nSPS) is 14.6. The second-order valence-electron chi connectivity index (χ2n) is 9.12. The van der Waals surface area contributed by atoms with E-state index in [0.29, 0.717) is 41.1 Å². The Hall–Kier alpha value is -4.59. The van der Waals surface area contributed by atoms with Crippen LogP contribution in [0.4, 0.5) is 5.95 Å². The number of benzene rings is 3. The van der Waals surface area contributed by atoms with E-state index in [4.69, 9.17) is 25.3 Å². The van der Waals surface area contributed by atoms with Gasteiger partial charge < -0.3 is 20.5 Å². The summed E-state index contributed by atoms with van der Waals surface area (Å²) in [6.45, 7) is 6.34.